The van der Waals surface area contributed by atoms with Crippen molar-refractivity contribution in [1.82, 2.24) is 20.4 Å². The molecule has 0 spiro atoms. The van der Waals surface area contributed by atoms with Gasteiger partial charge in [-0.1, -0.05) is 34.7 Å². The highest BCUT2D eigenvalue weighted by atomic mass is 35.5. The number of carbonyl (C=O) groups excluding carboxylic acids is 2. The zero-order valence-corrected chi connectivity index (χ0v) is 18.1. The maximum Gasteiger partial charge on any atom is 0.253 e. The molecule has 3 rings (SSSR count). The van der Waals surface area contributed by atoms with Crippen LogP contribution in [-0.4, -0.2) is 64.9 Å². The molecule has 0 atom stereocenters. The van der Waals surface area contributed by atoms with E-state index in [1.165, 1.54) is 23.1 Å². The maximum absolute atomic E-state index is 12.6. The lowest BCUT2D eigenvalue weighted by Gasteiger charge is -2.34. The number of carbonyl (C=O) groups is 2. The molecule has 2 aromatic rings. The fourth-order valence-electron chi connectivity index (χ4n) is 2.76. The molecule has 2 heterocycles. The smallest absolute Gasteiger partial charge is 0.253 e. The van der Waals surface area contributed by atoms with Gasteiger partial charge in [-0.05, 0) is 38.1 Å². The highest BCUT2D eigenvalue weighted by molar-refractivity contribution is 8.01. The van der Waals surface area contributed by atoms with Crippen LogP contribution in [0, 0.1) is 0 Å². The number of halogens is 1. The first-order valence-electron chi connectivity index (χ1n) is 8.98. The summed E-state index contributed by atoms with van der Waals surface area (Å²) in [5, 5.41) is 12.7. The predicted octanol–water partition coefficient (Wildman–Crippen LogP) is 2.77. The molecule has 1 aromatic heterocycles. The molecule has 10 heteroatoms. The number of rotatable bonds is 6. The summed E-state index contributed by atoms with van der Waals surface area (Å²) in [5.41, 5.74) is 0.645. The molecule has 1 aromatic carbocycles. The molecule has 0 radical (unpaired) electrons. The van der Waals surface area contributed by atoms with Crippen molar-refractivity contribution < 1.29 is 9.59 Å². The fraction of sp³-hybridized carbons (Fsp3) is 0.444. The van der Waals surface area contributed by atoms with Crippen molar-refractivity contribution in [2.24, 2.45) is 0 Å². The summed E-state index contributed by atoms with van der Waals surface area (Å²) in [7, 11) is 0. The summed E-state index contributed by atoms with van der Waals surface area (Å²) in [6.45, 7) is 6.52. The van der Waals surface area contributed by atoms with Gasteiger partial charge in [0.15, 0.2) is 4.34 Å². The number of benzene rings is 1. The number of thioether (sulfide) groups is 1. The lowest BCUT2D eigenvalue weighted by atomic mass is 10.2. The Morgan fingerprint density at radius 2 is 1.86 bits per heavy atom. The first-order chi connectivity index (χ1) is 13.4. The molecule has 150 valence electrons. The molecule has 2 amide bonds. The van der Waals surface area contributed by atoms with E-state index in [-0.39, 0.29) is 17.9 Å². The third-order valence-corrected chi connectivity index (χ3v) is 6.47. The van der Waals surface area contributed by atoms with Gasteiger partial charge in [0.2, 0.25) is 11.0 Å². The van der Waals surface area contributed by atoms with Crippen LogP contribution in [0.1, 0.15) is 24.2 Å². The van der Waals surface area contributed by atoms with Gasteiger partial charge in [0, 0.05) is 42.8 Å². The van der Waals surface area contributed by atoms with Gasteiger partial charge >= 0.3 is 0 Å². The summed E-state index contributed by atoms with van der Waals surface area (Å²) in [6.07, 6.45) is 0. The van der Waals surface area contributed by atoms with Gasteiger partial charge in [0.25, 0.3) is 5.91 Å². The number of nitrogens with one attached hydrogen (secondary N) is 1. The number of hydrogen-bond acceptors (Lipinski definition) is 7. The van der Waals surface area contributed by atoms with E-state index in [4.69, 9.17) is 11.6 Å². The second kappa shape index (κ2) is 9.58. The maximum atomic E-state index is 12.6. The minimum Gasteiger partial charge on any atom is -0.353 e. The Hall–Kier alpha value is -1.84. The van der Waals surface area contributed by atoms with E-state index in [1.54, 1.807) is 24.3 Å². The number of piperazine rings is 1. The molecule has 1 N–H and O–H groups in total. The third-order valence-electron chi connectivity index (χ3n) is 4.10. The molecule has 1 aliphatic heterocycles. The molecule has 0 unspecified atom stereocenters. The Kier molecular flexibility index (Phi) is 7.14. The monoisotopic (exact) mass is 439 g/mol. The molecule has 0 bridgehead atoms. The van der Waals surface area contributed by atoms with Crippen molar-refractivity contribution in [1.29, 1.82) is 0 Å². The van der Waals surface area contributed by atoms with Crippen LogP contribution >= 0.6 is 34.7 Å². The van der Waals surface area contributed by atoms with Crippen LogP contribution in [0.3, 0.4) is 0 Å². The van der Waals surface area contributed by atoms with Crippen LogP contribution in [-0.2, 0) is 4.79 Å². The summed E-state index contributed by atoms with van der Waals surface area (Å²) in [4.78, 5) is 28.3. The van der Waals surface area contributed by atoms with Crippen molar-refractivity contribution in [2.45, 2.75) is 24.2 Å². The number of hydrogen-bond donors (Lipinski definition) is 1. The van der Waals surface area contributed by atoms with E-state index < -0.39 is 0 Å². The van der Waals surface area contributed by atoms with E-state index in [0.29, 0.717) is 42.5 Å². The summed E-state index contributed by atoms with van der Waals surface area (Å²) >= 11 is 8.75. The Balaban J connectivity index is 1.50. The Labute approximate surface area is 177 Å². The zero-order chi connectivity index (χ0) is 20.1. The van der Waals surface area contributed by atoms with Crippen molar-refractivity contribution in [3.05, 3.63) is 34.9 Å². The first kappa shape index (κ1) is 20.9. The quantitative estimate of drug-likeness (QED) is 0.697. The molecule has 0 aliphatic carbocycles. The second-order valence-electron chi connectivity index (χ2n) is 6.65. The summed E-state index contributed by atoms with van der Waals surface area (Å²) < 4.78 is 0.772. The largest absolute Gasteiger partial charge is 0.353 e. The number of amides is 2. The standard InChI is InChI=1S/C18H22ClN5O2S2/c1-12(2)20-15(25)11-27-18-22-21-17(28-18)24-9-7-23(8-10-24)16(26)13-3-5-14(19)6-4-13/h3-6,12H,7-11H2,1-2H3,(H,20,25). The van der Waals surface area contributed by atoms with Crippen molar-refractivity contribution >= 4 is 51.6 Å². The number of nitrogens with zero attached hydrogens (tertiary/aromatic N) is 4. The third kappa shape index (κ3) is 5.59. The van der Waals surface area contributed by atoms with Gasteiger partial charge < -0.3 is 15.1 Å². The molecule has 28 heavy (non-hydrogen) atoms. The molecular weight excluding hydrogens is 418 g/mol. The van der Waals surface area contributed by atoms with Crippen LogP contribution in [0.2, 0.25) is 5.02 Å². The van der Waals surface area contributed by atoms with Gasteiger partial charge in [0.1, 0.15) is 0 Å². The molecule has 0 saturated carbocycles. The lowest BCUT2D eigenvalue weighted by molar-refractivity contribution is -0.119. The van der Waals surface area contributed by atoms with E-state index in [2.05, 4.69) is 20.4 Å². The molecular formula is C18H22ClN5O2S2. The van der Waals surface area contributed by atoms with Crippen LogP contribution in [0.5, 0.6) is 0 Å². The average Bonchev–Trinajstić information content (AvgIpc) is 3.15. The van der Waals surface area contributed by atoms with Crippen molar-refractivity contribution in [2.75, 3.05) is 36.8 Å². The Bertz CT molecular complexity index is 820. The first-order valence-corrected chi connectivity index (χ1v) is 11.2. The zero-order valence-electron chi connectivity index (χ0n) is 15.7. The van der Waals surface area contributed by atoms with E-state index in [1.807, 2.05) is 18.7 Å². The lowest BCUT2D eigenvalue weighted by Crippen LogP contribution is -2.48. The predicted molar refractivity (Wildman–Crippen MR) is 113 cm³/mol. The van der Waals surface area contributed by atoms with E-state index >= 15 is 0 Å². The van der Waals surface area contributed by atoms with Crippen molar-refractivity contribution in [3.8, 4) is 0 Å². The fourth-order valence-corrected chi connectivity index (χ4v) is 4.59. The van der Waals surface area contributed by atoms with E-state index in [9.17, 15) is 9.59 Å². The van der Waals surface area contributed by atoms with Gasteiger partial charge in [-0.2, -0.15) is 0 Å². The van der Waals surface area contributed by atoms with Crippen LogP contribution in [0.25, 0.3) is 0 Å². The van der Waals surface area contributed by atoms with Gasteiger partial charge in [-0.3, -0.25) is 9.59 Å². The highest BCUT2D eigenvalue weighted by Crippen LogP contribution is 2.28. The SMILES string of the molecule is CC(C)NC(=O)CSc1nnc(N2CCN(C(=O)c3ccc(Cl)cc3)CC2)s1. The van der Waals surface area contributed by atoms with Gasteiger partial charge in [-0.25, -0.2) is 0 Å². The van der Waals surface area contributed by atoms with Gasteiger partial charge in [0.05, 0.1) is 5.75 Å². The highest BCUT2D eigenvalue weighted by Gasteiger charge is 2.24. The molecule has 7 nitrogen and oxygen atoms in total. The molecule has 1 saturated heterocycles. The average molecular weight is 440 g/mol. The normalized spacial score (nSPS) is 14.4. The number of anilines is 1. The van der Waals surface area contributed by atoms with Crippen LogP contribution < -0.4 is 10.2 Å². The van der Waals surface area contributed by atoms with Gasteiger partial charge in [-0.15, -0.1) is 10.2 Å². The minimum atomic E-state index is -0.00826. The Morgan fingerprint density at radius 3 is 2.50 bits per heavy atom. The summed E-state index contributed by atoms with van der Waals surface area (Å²) in [5.74, 6) is 0.336. The summed E-state index contributed by atoms with van der Waals surface area (Å²) in [6, 6.07) is 7.09. The minimum absolute atomic E-state index is 0.00826. The van der Waals surface area contributed by atoms with E-state index in [0.717, 1.165) is 9.47 Å². The molecule has 1 aliphatic rings. The second-order valence-corrected chi connectivity index (χ2v) is 9.26. The van der Waals surface area contributed by atoms with Crippen molar-refractivity contribution in [3.63, 3.8) is 0 Å². The number of aromatic nitrogens is 2. The van der Waals surface area contributed by atoms with Crippen LogP contribution in [0.15, 0.2) is 28.6 Å². The van der Waals surface area contributed by atoms with Crippen LogP contribution in [0.4, 0.5) is 5.13 Å². The Morgan fingerprint density at radius 1 is 1.18 bits per heavy atom. The molecule has 1 fully saturated rings. The topological polar surface area (TPSA) is 78.4 Å².